The van der Waals surface area contributed by atoms with Crippen molar-refractivity contribution in [2.45, 2.75) is 58.7 Å². The second-order valence-corrected chi connectivity index (χ2v) is 9.88. The van der Waals surface area contributed by atoms with E-state index in [2.05, 4.69) is 30.9 Å². The summed E-state index contributed by atoms with van der Waals surface area (Å²) in [5.74, 6) is -1.75. The predicted molar refractivity (Wildman–Crippen MR) is 145 cm³/mol. The van der Waals surface area contributed by atoms with E-state index in [1.807, 2.05) is 13.8 Å². The lowest BCUT2D eigenvalue weighted by Crippen LogP contribution is -2.56. The Hall–Kier alpha value is -4.01. The van der Waals surface area contributed by atoms with Gasteiger partial charge in [-0.3, -0.25) is 14.4 Å². The van der Waals surface area contributed by atoms with E-state index in [0.29, 0.717) is 56.9 Å². The number of methoxy groups -OCH3 is 1. The molecule has 0 aliphatic carbocycles. The van der Waals surface area contributed by atoms with Gasteiger partial charge in [-0.25, -0.2) is 9.78 Å². The van der Waals surface area contributed by atoms with Gasteiger partial charge < -0.3 is 40.6 Å². The van der Waals surface area contributed by atoms with E-state index in [4.69, 9.17) is 15.2 Å². The molecule has 3 rings (SSSR count). The molecular formula is C25H39N9O6. The number of amides is 4. The van der Waals surface area contributed by atoms with Crippen LogP contribution in [-0.4, -0.2) is 100 Å². The summed E-state index contributed by atoms with van der Waals surface area (Å²) in [6, 6.07) is -2.11. The molecule has 5 N–H and O–H groups in total. The molecular weight excluding hydrogens is 522 g/mol. The second-order valence-electron chi connectivity index (χ2n) is 9.88. The fourth-order valence-electron chi connectivity index (χ4n) is 4.23. The summed E-state index contributed by atoms with van der Waals surface area (Å²) in [5.41, 5.74) is 6.83. The fraction of sp³-hybridized carbons (Fsp3) is 0.640. The first kappa shape index (κ1) is 30.5. The molecule has 40 heavy (non-hydrogen) atoms. The summed E-state index contributed by atoms with van der Waals surface area (Å²) in [6.45, 7) is 7.96. The van der Waals surface area contributed by atoms with Crippen molar-refractivity contribution < 1.29 is 28.7 Å². The number of fused-ring (bicyclic) bond motifs is 1. The SMILES string of the molecule is CC[C@H](NC(=O)[C@H](CC(C)C)NC(=O)N1CCOCC1)C(=O)C(=O)NCCCn1cnc2c(N)nc(OC)nc21. The molecule has 2 atom stereocenters. The molecule has 3 heterocycles. The van der Waals surface area contributed by atoms with Crippen molar-refractivity contribution >= 4 is 40.6 Å². The molecule has 0 saturated carbocycles. The number of hydrogen-bond acceptors (Lipinski definition) is 10. The Labute approximate surface area is 232 Å². The van der Waals surface area contributed by atoms with Gasteiger partial charge in [0.15, 0.2) is 11.5 Å². The molecule has 1 aliphatic rings. The van der Waals surface area contributed by atoms with E-state index in [1.165, 1.54) is 7.11 Å². The highest BCUT2D eigenvalue weighted by Crippen LogP contribution is 2.19. The highest BCUT2D eigenvalue weighted by atomic mass is 16.5. The number of carbonyl (C=O) groups excluding carboxylic acids is 4. The summed E-state index contributed by atoms with van der Waals surface area (Å²) in [4.78, 5) is 65.2. The van der Waals surface area contributed by atoms with Gasteiger partial charge in [0, 0.05) is 26.2 Å². The minimum atomic E-state index is -1.02. The van der Waals surface area contributed by atoms with Gasteiger partial charge in [0.25, 0.3) is 5.91 Å². The normalized spacial score (nSPS) is 15.0. The number of anilines is 1. The number of carbonyl (C=O) groups is 4. The molecule has 1 saturated heterocycles. The third-order valence-electron chi connectivity index (χ3n) is 6.40. The number of imidazole rings is 1. The average molecular weight is 562 g/mol. The maximum atomic E-state index is 13.1. The quantitative estimate of drug-likeness (QED) is 0.188. The van der Waals surface area contributed by atoms with Crippen LogP contribution in [0.3, 0.4) is 0 Å². The monoisotopic (exact) mass is 561 g/mol. The maximum absolute atomic E-state index is 13.1. The van der Waals surface area contributed by atoms with Crippen molar-refractivity contribution in [1.82, 2.24) is 40.4 Å². The first-order chi connectivity index (χ1) is 19.1. The van der Waals surface area contributed by atoms with Gasteiger partial charge in [0.05, 0.1) is 32.7 Å². The van der Waals surface area contributed by atoms with Crippen molar-refractivity contribution in [2.24, 2.45) is 5.92 Å². The zero-order chi connectivity index (χ0) is 29.2. The Morgan fingerprint density at radius 3 is 2.50 bits per heavy atom. The number of aromatic nitrogens is 4. The van der Waals surface area contributed by atoms with Crippen LogP contribution in [0, 0.1) is 5.92 Å². The lowest BCUT2D eigenvalue weighted by atomic mass is 10.0. The van der Waals surface area contributed by atoms with Crippen LogP contribution in [0.25, 0.3) is 11.2 Å². The number of nitrogens with two attached hydrogens (primary N) is 1. The predicted octanol–water partition coefficient (Wildman–Crippen LogP) is -0.156. The van der Waals surface area contributed by atoms with Crippen molar-refractivity contribution in [3.05, 3.63) is 6.33 Å². The van der Waals surface area contributed by atoms with Crippen LogP contribution in [0.5, 0.6) is 6.01 Å². The van der Waals surface area contributed by atoms with Gasteiger partial charge in [0.1, 0.15) is 11.6 Å². The third kappa shape index (κ3) is 8.00. The van der Waals surface area contributed by atoms with Gasteiger partial charge in [-0.2, -0.15) is 9.97 Å². The summed E-state index contributed by atoms with van der Waals surface area (Å²) >= 11 is 0. The highest BCUT2D eigenvalue weighted by Gasteiger charge is 2.30. The smallest absolute Gasteiger partial charge is 0.320 e. The molecule has 0 aromatic carbocycles. The molecule has 0 radical (unpaired) electrons. The number of ether oxygens (including phenoxy) is 2. The molecule has 1 fully saturated rings. The van der Waals surface area contributed by atoms with E-state index < -0.39 is 29.7 Å². The van der Waals surface area contributed by atoms with E-state index in [0.717, 1.165) is 0 Å². The number of hydrogen-bond donors (Lipinski definition) is 4. The molecule has 2 aromatic rings. The van der Waals surface area contributed by atoms with E-state index >= 15 is 0 Å². The molecule has 0 spiro atoms. The lowest BCUT2D eigenvalue weighted by molar-refractivity contribution is -0.140. The number of aryl methyl sites for hydroxylation is 1. The van der Waals surface area contributed by atoms with Crippen LogP contribution in [-0.2, 0) is 25.7 Å². The Morgan fingerprint density at radius 1 is 1.12 bits per heavy atom. The lowest BCUT2D eigenvalue weighted by Gasteiger charge is -2.30. The van der Waals surface area contributed by atoms with Gasteiger partial charge >= 0.3 is 12.0 Å². The van der Waals surface area contributed by atoms with E-state index in [1.54, 1.807) is 22.7 Å². The summed E-state index contributed by atoms with van der Waals surface area (Å²) < 4.78 is 12.1. The van der Waals surface area contributed by atoms with Crippen LogP contribution in [0.4, 0.5) is 10.6 Å². The summed E-state index contributed by atoms with van der Waals surface area (Å²) in [5, 5.41) is 8.03. The number of nitrogens with zero attached hydrogens (tertiary/aromatic N) is 5. The molecule has 4 amide bonds. The number of ketones is 1. The Kier molecular flexibility index (Phi) is 11.0. The van der Waals surface area contributed by atoms with E-state index in [9.17, 15) is 19.2 Å². The zero-order valence-electron chi connectivity index (χ0n) is 23.4. The molecule has 15 heteroatoms. The van der Waals surface area contributed by atoms with Crippen molar-refractivity contribution in [3.63, 3.8) is 0 Å². The van der Waals surface area contributed by atoms with Crippen LogP contribution >= 0.6 is 0 Å². The number of nitrogens with one attached hydrogen (secondary N) is 3. The Bertz CT molecular complexity index is 1190. The number of Topliss-reactive ketones (excluding diaryl/α,β-unsaturated/α-hetero) is 1. The largest absolute Gasteiger partial charge is 0.467 e. The minimum absolute atomic E-state index is 0.108. The molecule has 0 unspecified atom stereocenters. The van der Waals surface area contributed by atoms with Crippen LogP contribution in [0.2, 0.25) is 0 Å². The standard InChI is InChI=1S/C25H39N9O6/c1-5-16(29-22(36)17(13-15(2)3)30-25(38)33-9-11-40-12-10-33)19(35)23(37)27-7-6-8-34-14-28-18-20(26)31-24(39-4)32-21(18)34/h14-17H,5-13H2,1-4H3,(H,27,37)(H,29,36)(H,30,38)(H2,26,31,32)/t16-,17-/m0/s1. The molecule has 0 bridgehead atoms. The molecule has 2 aromatic heterocycles. The number of nitrogen functional groups attached to an aromatic ring is 1. The number of urea groups is 1. The third-order valence-corrected chi connectivity index (χ3v) is 6.40. The average Bonchev–Trinajstić information content (AvgIpc) is 3.36. The zero-order valence-corrected chi connectivity index (χ0v) is 23.4. The van der Waals surface area contributed by atoms with Crippen molar-refractivity contribution in [2.75, 3.05) is 45.7 Å². The Balaban J connectivity index is 1.52. The second kappa shape index (κ2) is 14.4. The van der Waals surface area contributed by atoms with Crippen molar-refractivity contribution in [1.29, 1.82) is 0 Å². The summed E-state index contributed by atoms with van der Waals surface area (Å²) in [7, 11) is 1.44. The molecule has 1 aliphatic heterocycles. The van der Waals surface area contributed by atoms with E-state index in [-0.39, 0.29) is 36.7 Å². The number of rotatable bonds is 13. The highest BCUT2D eigenvalue weighted by molar-refractivity contribution is 6.38. The van der Waals surface area contributed by atoms with Gasteiger partial charge in [-0.15, -0.1) is 0 Å². The Morgan fingerprint density at radius 2 is 1.85 bits per heavy atom. The molecule has 220 valence electrons. The summed E-state index contributed by atoms with van der Waals surface area (Å²) in [6.07, 6.45) is 2.64. The van der Waals surface area contributed by atoms with Crippen LogP contribution < -0.4 is 26.4 Å². The van der Waals surface area contributed by atoms with Crippen molar-refractivity contribution in [3.8, 4) is 6.01 Å². The minimum Gasteiger partial charge on any atom is -0.467 e. The fourth-order valence-corrected chi connectivity index (χ4v) is 4.23. The van der Waals surface area contributed by atoms with Crippen LogP contribution in [0.15, 0.2) is 6.33 Å². The van der Waals surface area contributed by atoms with Gasteiger partial charge in [-0.05, 0) is 25.2 Å². The maximum Gasteiger partial charge on any atom is 0.320 e. The van der Waals surface area contributed by atoms with Gasteiger partial charge in [0.2, 0.25) is 11.7 Å². The molecule has 15 nitrogen and oxygen atoms in total. The topological polar surface area (TPSA) is 196 Å². The first-order valence-corrected chi connectivity index (χ1v) is 13.4. The van der Waals surface area contributed by atoms with Gasteiger partial charge in [-0.1, -0.05) is 20.8 Å². The number of morpholine rings is 1. The van der Waals surface area contributed by atoms with Crippen LogP contribution in [0.1, 0.15) is 40.0 Å². The first-order valence-electron chi connectivity index (χ1n) is 13.4.